The molecule has 0 unspecified atom stereocenters. The van der Waals surface area contributed by atoms with Gasteiger partial charge in [-0.2, -0.15) is 0 Å². The third kappa shape index (κ3) is 6.95. The number of nitrogens with zero attached hydrogens (tertiary/aromatic N) is 1. The molecule has 196 valence electrons. The van der Waals surface area contributed by atoms with Crippen molar-refractivity contribution < 1.29 is 24.3 Å². The van der Waals surface area contributed by atoms with E-state index in [0.717, 1.165) is 29.5 Å². The van der Waals surface area contributed by atoms with Gasteiger partial charge < -0.3 is 26.4 Å². The fraction of sp³-hybridized carbons (Fsp3) is 0.429. The molecule has 9 nitrogen and oxygen atoms in total. The molecule has 1 heterocycles. The van der Waals surface area contributed by atoms with Crippen molar-refractivity contribution in [2.45, 2.75) is 63.3 Å². The van der Waals surface area contributed by atoms with E-state index in [1.54, 1.807) is 0 Å². The smallest absolute Gasteiger partial charge is 0.245 e. The van der Waals surface area contributed by atoms with Crippen LogP contribution < -0.4 is 16.4 Å². The van der Waals surface area contributed by atoms with E-state index < -0.39 is 42.0 Å². The Balaban J connectivity index is 1.43. The first-order valence-electron chi connectivity index (χ1n) is 12.7. The molecule has 0 radical (unpaired) electrons. The molecule has 1 aliphatic heterocycles. The number of amides is 4. The molecule has 0 aromatic heterocycles. The number of rotatable bonds is 10. The highest BCUT2D eigenvalue weighted by atomic mass is 16.3. The van der Waals surface area contributed by atoms with E-state index in [1.165, 1.54) is 11.8 Å². The minimum absolute atomic E-state index is 0.0140. The molecular formula is C28H34N4O5. The minimum atomic E-state index is -0.984. The Morgan fingerprint density at radius 3 is 2.22 bits per heavy atom. The second-order valence-corrected chi connectivity index (χ2v) is 10.1. The van der Waals surface area contributed by atoms with Crippen LogP contribution in [0.15, 0.2) is 54.6 Å². The van der Waals surface area contributed by atoms with Crippen LogP contribution in [0.3, 0.4) is 0 Å². The van der Waals surface area contributed by atoms with Crippen molar-refractivity contribution in [2.75, 3.05) is 6.54 Å². The number of nitrogens with one attached hydrogen (secondary N) is 2. The van der Waals surface area contributed by atoms with Gasteiger partial charge in [-0.25, -0.2) is 0 Å². The molecule has 2 fully saturated rings. The number of aliphatic hydroxyl groups is 1. The fourth-order valence-electron chi connectivity index (χ4n) is 4.85. The number of carbonyl (C=O) groups excluding carboxylic acids is 4. The molecule has 0 spiro atoms. The molecule has 2 aromatic carbocycles. The van der Waals surface area contributed by atoms with E-state index in [1.807, 2.05) is 54.6 Å². The van der Waals surface area contributed by atoms with Gasteiger partial charge in [-0.1, -0.05) is 67.4 Å². The number of hydrogen-bond donors (Lipinski definition) is 4. The molecule has 4 rings (SSSR count). The predicted octanol–water partition coefficient (Wildman–Crippen LogP) is 1.13. The van der Waals surface area contributed by atoms with Gasteiger partial charge in [-0.3, -0.25) is 19.2 Å². The van der Waals surface area contributed by atoms with Gasteiger partial charge in [0.15, 0.2) is 0 Å². The number of aliphatic hydroxyl groups excluding tert-OH is 1. The number of carbonyl (C=O) groups is 4. The summed E-state index contributed by atoms with van der Waals surface area (Å²) in [6, 6.07) is 14.8. The summed E-state index contributed by atoms with van der Waals surface area (Å²) >= 11 is 0. The van der Waals surface area contributed by atoms with Gasteiger partial charge in [0.2, 0.25) is 23.6 Å². The van der Waals surface area contributed by atoms with Crippen molar-refractivity contribution in [3.05, 3.63) is 60.2 Å². The molecule has 5 N–H and O–H groups in total. The van der Waals surface area contributed by atoms with Gasteiger partial charge >= 0.3 is 0 Å². The number of primary amides is 1. The predicted molar refractivity (Wildman–Crippen MR) is 138 cm³/mol. The molecule has 1 saturated carbocycles. The standard InChI is InChI=1S/C28H34N4O5/c1-17(33)30-24(14-18-7-8-18)28(37)32-16-22(34)15-25(32)27(36)31-23(26(29)35)13-19-9-11-21(12-10-19)20-5-3-2-4-6-20/h2-6,9-12,18,22-25,34H,7-8,13-16H2,1H3,(H2,29,35)(H,30,33)(H,31,36)/t22-,23-,24+,25+/m1/s1. The molecule has 0 bridgehead atoms. The first kappa shape index (κ1) is 26.3. The maximum Gasteiger partial charge on any atom is 0.245 e. The number of benzene rings is 2. The largest absolute Gasteiger partial charge is 0.391 e. The lowest BCUT2D eigenvalue weighted by molar-refractivity contribution is -0.142. The van der Waals surface area contributed by atoms with Crippen LogP contribution in [0.2, 0.25) is 0 Å². The van der Waals surface area contributed by atoms with E-state index in [9.17, 15) is 24.3 Å². The van der Waals surface area contributed by atoms with Gasteiger partial charge in [0.1, 0.15) is 18.1 Å². The monoisotopic (exact) mass is 506 g/mol. The summed E-state index contributed by atoms with van der Waals surface area (Å²) in [6.45, 7) is 1.33. The average molecular weight is 507 g/mol. The summed E-state index contributed by atoms with van der Waals surface area (Å²) in [5.74, 6) is -1.60. The lowest BCUT2D eigenvalue weighted by Gasteiger charge is -2.29. The molecule has 1 aliphatic carbocycles. The molecule has 2 aliphatic rings. The van der Waals surface area contributed by atoms with Crippen molar-refractivity contribution in [3.63, 3.8) is 0 Å². The van der Waals surface area contributed by atoms with E-state index in [2.05, 4.69) is 10.6 Å². The molecule has 2 aromatic rings. The number of nitrogens with two attached hydrogens (primary N) is 1. The van der Waals surface area contributed by atoms with Gasteiger partial charge in [-0.15, -0.1) is 0 Å². The minimum Gasteiger partial charge on any atom is -0.391 e. The second-order valence-electron chi connectivity index (χ2n) is 10.1. The van der Waals surface area contributed by atoms with E-state index in [0.29, 0.717) is 12.3 Å². The maximum atomic E-state index is 13.3. The zero-order valence-electron chi connectivity index (χ0n) is 20.9. The van der Waals surface area contributed by atoms with Gasteiger partial charge in [0, 0.05) is 26.3 Å². The zero-order chi connectivity index (χ0) is 26.5. The van der Waals surface area contributed by atoms with Crippen LogP contribution in [-0.2, 0) is 25.6 Å². The van der Waals surface area contributed by atoms with Gasteiger partial charge in [0.05, 0.1) is 6.10 Å². The third-order valence-corrected chi connectivity index (χ3v) is 6.97. The van der Waals surface area contributed by atoms with Crippen LogP contribution >= 0.6 is 0 Å². The number of likely N-dealkylation sites (tertiary alicyclic amines) is 1. The normalized spacial score (nSPS) is 20.6. The van der Waals surface area contributed by atoms with Crippen LogP contribution in [0.4, 0.5) is 0 Å². The van der Waals surface area contributed by atoms with Crippen LogP contribution in [0.25, 0.3) is 11.1 Å². The average Bonchev–Trinajstić information content (AvgIpc) is 3.61. The topological polar surface area (TPSA) is 142 Å². The van der Waals surface area contributed by atoms with Crippen LogP contribution in [0.1, 0.15) is 38.2 Å². The first-order chi connectivity index (χ1) is 17.7. The Bertz CT molecular complexity index is 1130. The Morgan fingerprint density at radius 1 is 0.973 bits per heavy atom. The molecule has 1 saturated heterocycles. The van der Waals surface area contributed by atoms with E-state index in [-0.39, 0.29) is 25.3 Å². The number of hydrogen-bond acceptors (Lipinski definition) is 5. The Hall–Kier alpha value is -3.72. The Morgan fingerprint density at radius 2 is 1.62 bits per heavy atom. The summed E-state index contributed by atoms with van der Waals surface area (Å²) in [5.41, 5.74) is 8.52. The molecule has 4 amide bonds. The SMILES string of the molecule is CC(=O)N[C@@H](CC1CC1)C(=O)N1C[C@H](O)C[C@H]1C(=O)N[C@H](Cc1ccc(-c2ccccc2)cc1)C(N)=O. The Labute approximate surface area is 216 Å². The van der Waals surface area contributed by atoms with Crippen LogP contribution in [0, 0.1) is 5.92 Å². The fourth-order valence-corrected chi connectivity index (χ4v) is 4.85. The maximum absolute atomic E-state index is 13.3. The summed E-state index contributed by atoms with van der Waals surface area (Å²) < 4.78 is 0. The zero-order valence-corrected chi connectivity index (χ0v) is 20.9. The molecular weight excluding hydrogens is 472 g/mol. The molecule has 37 heavy (non-hydrogen) atoms. The van der Waals surface area contributed by atoms with E-state index in [4.69, 9.17) is 5.73 Å². The summed E-state index contributed by atoms with van der Waals surface area (Å²) in [6.07, 6.45) is 1.87. The summed E-state index contributed by atoms with van der Waals surface area (Å²) in [7, 11) is 0. The third-order valence-electron chi connectivity index (χ3n) is 6.97. The van der Waals surface area contributed by atoms with Crippen molar-refractivity contribution in [3.8, 4) is 11.1 Å². The van der Waals surface area contributed by atoms with Crippen LogP contribution in [-0.4, -0.2) is 64.4 Å². The number of β-amino-alcohol motifs (C(OH)–C–C–N with tert-alkyl or cyclic N) is 1. The lowest BCUT2D eigenvalue weighted by Crippen LogP contribution is -2.56. The van der Waals surface area contributed by atoms with Gasteiger partial charge in [-0.05, 0) is 29.0 Å². The highest BCUT2D eigenvalue weighted by Gasteiger charge is 2.43. The highest BCUT2D eigenvalue weighted by Crippen LogP contribution is 2.34. The highest BCUT2D eigenvalue weighted by molar-refractivity contribution is 5.94. The van der Waals surface area contributed by atoms with Crippen molar-refractivity contribution in [2.24, 2.45) is 11.7 Å². The van der Waals surface area contributed by atoms with Crippen LogP contribution in [0.5, 0.6) is 0 Å². The Kier molecular flexibility index (Phi) is 8.23. The van der Waals surface area contributed by atoms with Crippen molar-refractivity contribution >= 4 is 23.6 Å². The summed E-state index contributed by atoms with van der Waals surface area (Å²) in [5, 5.41) is 15.6. The quantitative estimate of drug-likeness (QED) is 0.382. The second kappa shape index (κ2) is 11.6. The summed E-state index contributed by atoms with van der Waals surface area (Å²) in [4.78, 5) is 51.7. The van der Waals surface area contributed by atoms with Crippen molar-refractivity contribution in [1.82, 2.24) is 15.5 Å². The lowest BCUT2D eigenvalue weighted by atomic mass is 10.00. The van der Waals surface area contributed by atoms with Crippen molar-refractivity contribution in [1.29, 1.82) is 0 Å². The van der Waals surface area contributed by atoms with Gasteiger partial charge in [0.25, 0.3) is 0 Å². The van der Waals surface area contributed by atoms with E-state index >= 15 is 0 Å². The first-order valence-corrected chi connectivity index (χ1v) is 12.7. The molecule has 4 atom stereocenters. The molecule has 9 heteroatoms.